The smallest absolute Gasteiger partial charge is 0.323 e. The summed E-state index contributed by atoms with van der Waals surface area (Å²) in [5.74, 6) is -0.470. The second-order valence-electron chi connectivity index (χ2n) is 5.13. The lowest BCUT2D eigenvalue weighted by Crippen LogP contribution is -2.45. The quantitative estimate of drug-likeness (QED) is 0.802. The average molecular weight is 241 g/mol. The van der Waals surface area contributed by atoms with Gasteiger partial charge >= 0.3 is 5.97 Å². The predicted molar refractivity (Wildman–Crippen MR) is 65.6 cm³/mol. The number of hydrogen-bond acceptors (Lipinski definition) is 2. The van der Waals surface area contributed by atoms with Crippen molar-refractivity contribution in [3.63, 3.8) is 0 Å². The van der Waals surface area contributed by atoms with Crippen molar-refractivity contribution in [2.24, 2.45) is 11.8 Å². The number of carboxylic acid groups (broad SMARTS) is 1. The zero-order chi connectivity index (χ0) is 13.0. The summed E-state index contributed by atoms with van der Waals surface area (Å²) in [6.45, 7) is 5.81. The first-order chi connectivity index (χ1) is 7.97. The molecule has 4 heteroatoms. The molecule has 1 N–H and O–H groups in total. The highest BCUT2D eigenvalue weighted by molar-refractivity contribution is 5.83. The number of carbonyl (C=O) groups is 2. The van der Waals surface area contributed by atoms with E-state index >= 15 is 0 Å². The van der Waals surface area contributed by atoms with E-state index in [0.717, 1.165) is 25.7 Å². The van der Waals surface area contributed by atoms with Crippen LogP contribution in [-0.4, -0.2) is 34.5 Å². The zero-order valence-corrected chi connectivity index (χ0v) is 11.0. The minimum Gasteiger partial charge on any atom is -0.480 e. The first kappa shape index (κ1) is 14.0. The van der Waals surface area contributed by atoms with Gasteiger partial charge in [0.05, 0.1) is 0 Å². The van der Waals surface area contributed by atoms with Crippen molar-refractivity contribution in [2.75, 3.05) is 6.54 Å². The first-order valence-electron chi connectivity index (χ1n) is 6.49. The minimum atomic E-state index is -0.927. The molecule has 0 aliphatic heterocycles. The third kappa shape index (κ3) is 3.45. The third-order valence-corrected chi connectivity index (χ3v) is 3.89. The molecule has 4 nitrogen and oxygen atoms in total. The van der Waals surface area contributed by atoms with Crippen LogP contribution in [0.15, 0.2) is 0 Å². The number of rotatable bonds is 5. The van der Waals surface area contributed by atoms with Crippen molar-refractivity contribution < 1.29 is 14.7 Å². The van der Waals surface area contributed by atoms with E-state index in [0.29, 0.717) is 5.92 Å². The molecule has 1 rings (SSSR count). The Balaban J connectivity index is 2.74. The number of carbonyl (C=O) groups excluding carboxylic acids is 1. The summed E-state index contributed by atoms with van der Waals surface area (Å²) in [7, 11) is 0. The Kier molecular flexibility index (Phi) is 4.97. The maximum atomic E-state index is 12.4. The second kappa shape index (κ2) is 6.03. The van der Waals surface area contributed by atoms with E-state index in [9.17, 15) is 9.59 Å². The van der Waals surface area contributed by atoms with E-state index in [2.05, 4.69) is 6.92 Å². The molecule has 0 heterocycles. The Hall–Kier alpha value is -1.06. The lowest BCUT2D eigenvalue weighted by atomic mass is 9.95. The Bertz CT molecular complexity index is 290. The van der Waals surface area contributed by atoms with Crippen LogP contribution in [0.5, 0.6) is 0 Å². The van der Waals surface area contributed by atoms with Gasteiger partial charge in [0, 0.05) is 12.0 Å². The summed E-state index contributed by atoms with van der Waals surface area (Å²) in [5.41, 5.74) is 0. The van der Waals surface area contributed by atoms with E-state index in [-0.39, 0.29) is 24.4 Å². The van der Waals surface area contributed by atoms with Crippen LogP contribution in [0, 0.1) is 11.8 Å². The first-order valence-corrected chi connectivity index (χ1v) is 6.49. The normalized spacial score (nSPS) is 25.6. The van der Waals surface area contributed by atoms with Crippen LogP contribution in [0.1, 0.15) is 46.5 Å². The van der Waals surface area contributed by atoms with Crippen LogP contribution in [0.25, 0.3) is 0 Å². The molecule has 1 amide bonds. The lowest BCUT2D eigenvalue weighted by molar-refractivity contribution is -0.148. The van der Waals surface area contributed by atoms with Crippen molar-refractivity contribution in [3.8, 4) is 0 Å². The summed E-state index contributed by atoms with van der Waals surface area (Å²) in [4.78, 5) is 24.7. The predicted octanol–water partition coefficient (Wildman–Crippen LogP) is 2.13. The molecule has 0 aromatic heterocycles. The van der Waals surface area contributed by atoms with Crippen LogP contribution < -0.4 is 0 Å². The molecule has 1 fully saturated rings. The largest absolute Gasteiger partial charge is 0.480 e. The highest BCUT2D eigenvalue weighted by Gasteiger charge is 2.34. The summed E-state index contributed by atoms with van der Waals surface area (Å²) in [6.07, 6.45) is 3.86. The summed E-state index contributed by atoms with van der Waals surface area (Å²) < 4.78 is 0. The number of hydrogen-bond donors (Lipinski definition) is 1. The molecule has 0 aromatic rings. The van der Waals surface area contributed by atoms with Crippen LogP contribution in [0.4, 0.5) is 0 Å². The monoisotopic (exact) mass is 241 g/mol. The molecule has 1 aliphatic carbocycles. The molecule has 0 bridgehead atoms. The van der Waals surface area contributed by atoms with Gasteiger partial charge in [-0.1, -0.05) is 20.3 Å². The Morgan fingerprint density at radius 3 is 2.47 bits per heavy atom. The van der Waals surface area contributed by atoms with Gasteiger partial charge in [0.25, 0.3) is 0 Å². The molecule has 3 unspecified atom stereocenters. The fraction of sp³-hybridized carbons (Fsp3) is 0.846. The second-order valence-corrected chi connectivity index (χ2v) is 5.13. The fourth-order valence-corrected chi connectivity index (χ4v) is 2.54. The van der Waals surface area contributed by atoms with E-state index < -0.39 is 5.97 Å². The van der Waals surface area contributed by atoms with Crippen molar-refractivity contribution in [2.45, 2.75) is 52.5 Å². The molecule has 0 saturated heterocycles. The van der Waals surface area contributed by atoms with E-state index in [1.54, 1.807) is 0 Å². The third-order valence-electron chi connectivity index (χ3n) is 3.89. The van der Waals surface area contributed by atoms with Gasteiger partial charge < -0.3 is 10.0 Å². The molecule has 17 heavy (non-hydrogen) atoms. The van der Waals surface area contributed by atoms with Gasteiger partial charge in [0.2, 0.25) is 5.91 Å². The highest BCUT2D eigenvalue weighted by atomic mass is 16.4. The summed E-state index contributed by atoms with van der Waals surface area (Å²) in [5, 5.41) is 8.89. The zero-order valence-electron chi connectivity index (χ0n) is 11.0. The Labute approximate surface area is 103 Å². The number of carboxylic acids is 1. The maximum Gasteiger partial charge on any atom is 0.323 e. The van der Waals surface area contributed by atoms with Gasteiger partial charge in [0.1, 0.15) is 6.54 Å². The van der Waals surface area contributed by atoms with E-state index in [1.807, 2.05) is 13.8 Å². The van der Waals surface area contributed by atoms with Gasteiger partial charge in [-0.3, -0.25) is 9.59 Å². The minimum absolute atomic E-state index is 0.00593. The molecule has 0 radical (unpaired) electrons. The van der Waals surface area contributed by atoms with Gasteiger partial charge in [0.15, 0.2) is 0 Å². The highest BCUT2D eigenvalue weighted by Crippen LogP contribution is 2.33. The molecule has 3 atom stereocenters. The average Bonchev–Trinajstić information content (AvgIpc) is 2.70. The maximum absolute atomic E-state index is 12.4. The Morgan fingerprint density at radius 1 is 1.41 bits per heavy atom. The van der Waals surface area contributed by atoms with Crippen LogP contribution in [0.3, 0.4) is 0 Å². The molecular weight excluding hydrogens is 218 g/mol. The van der Waals surface area contributed by atoms with Crippen LogP contribution >= 0.6 is 0 Å². The fourth-order valence-electron chi connectivity index (χ4n) is 2.54. The van der Waals surface area contributed by atoms with Gasteiger partial charge in [-0.25, -0.2) is 0 Å². The van der Waals surface area contributed by atoms with Crippen molar-refractivity contribution in [1.29, 1.82) is 0 Å². The molecule has 1 aliphatic rings. The van der Waals surface area contributed by atoms with Gasteiger partial charge in [-0.05, 0) is 32.1 Å². The number of amides is 1. The Morgan fingerprint density at radius 2 is 2.06 bits per heavy atom. The van der Waals surface area contributed by atoms with Crippen molar-refractivity contribution >= 4 is 11.9 Å². The number of nitrogens with zero attached hydrogens (tertiary/aromatic N) is 1. The lowest BCUT2D eigenvalue weighted by Gasteiger charge is -2.30. The molecule has 0 aromatic carbocycles. The van der Waals surface area contributed by atoms with E-state index in [1.165, 1.54) is 4.90 Å². The summed E-state index contributed by atoms with van der Waals surface area (Å²) in [6, 6.07) is 0.00593. The van der Waals surface area contributed by atoms with Crippen LogP contribution in [-0.2, 0) is 9.59 Å². The standard InChI is InChI=1S/C13H23NO3/c1-4-10(3)14(8-12(15)16)13(17)11-7-5-6-9(11)2/h9-11H,4-8H2,1-3H3,(H,15,16). The van der Waals surface area contributed by atoms with Gasteiger partial charge in [-0.2, -0.15) is 0 Å². The SMILES string of the molecule is CCC(C)N(CC(=O)O)C(=O)C1CCCC1C. The molecule has 98 valence electrons. The molecule has 1 saturated carbocycles. The topological polar surface area (TPSA) is 57.6 Å². The van der Waals surface area contributed by atoms with Crippen molar-refractivity contribution in [1.82, 2.24) is 4.90 Å². The van der Waals surface area contributed by atoms with Gasteiger partial charge in [-0.15, -0.1) is 0 Å². The summed E-state index contributed by atoms with van der Waals surface area (Å²) >= 11 is 0. The van der Waals surface area contributed by atoms with E-state index in [4.69, 9.17) is 5.11 Å². The van der Waals surface area contributed by atoms with Crippen LogP contribution in [0.2, 0.25) is 0 Å². The van der Waals surface area contributed by atoms with Crippen molar-refractivity contribution in [3.05, 3.63) is 0 Å². The number of aliphatic carboxylic acids is 1. The molecular formula is C13H23NO3. The molecule has 0 spiro atoms.